The van der Waals surface area contributed by atoms with Gasteiger partial charge in [-0.25, -0.2) is 8.42 Å². The molecule has 0 aromatic carbocycles. The van der Waals surface area contributed by atoms with Crippen LogP contribution in [0.1, 0.15) is 30.6 Å². The minimum Gasteiger partial charge on any atom is -0.207 e. The smallest absolute Gasteiger partial charge is 0.207 e. The first-order valence-corrected chi connectivity index (χ1v) is 8.69. The maximum Gasteiger partial charge on any atom is 0.243 e. The Bertz CT molecular complexity index is 595. The molecule has 0 unspecified atom stereocenters. The highest BCUT2D eigenvalue weighted by atomic mass is 79.9. The van der Waals surface area contributed by atoms with E-state index in [1.54, 1.807) is 13.0 Å². The molecule has 0 aliphatic heterocycles. The highest BCUT2D eigenvalue weighted by molar-refractivity contribution is 9.11. The maximum absolute atomic E-state index is 12.3. The lowest BCUT2D eigenvalue weighted by atomic mass is 10.0. The van der Waals surface area contributed by atoms with Gasteiger partial charge in [-0.2, -0.15) is 9.98 Å². The molecule has 18 heavy (non-hydrogen) atoms. The summed E-state index contributed by atoms with van der Waals surface area (Å²) in [6, 6.07) is 3.72. The van der Waals surface area contributed by atoms with E-state index in [0.29, 0.717) is 12.8 Å². The zero-order valence-corrected chi connectivity index (χ0v) is 13.1. The molecule has 1 heterocycles. The topological polar surface area (TPSA) is 70.0 Å². The van der Waals surface area contributed by atoms with Crippen LogP contribution in [0.4, 0.5) is 0 Å². The van der Waals surface area contributed by atoms with Gasteiger partial charge in [0.1, 0.15) is 5.54 Å². The standard InChI is InChI=1S/C11H13BrN2O2S2/c1-8-9(6-10(12)17-8)18(15,16)14-11(7-13)4-2-3-5-11/h6,14H,2-5H2,1H3. The summed E-state index contributed by atoms with van der Waals surface area (Å²) in [4.78, 5) is 0.987. The summed E-state index contributed by atoms with van der Waals surface area (Å²) >= 11 is 4.66. The van der Waals surface area contributed by atoms with Crippen molar-refractivity contribution in [3.63, 3.8) is 0 Å². The molecule has 0 amide bonds. The first-order chi connectivity index (χ1) is 8.38. The third-order valence-corrected chi connectivity index (χ3v) is 6.48. The van der Waals surface area contributed by atoms with Crippen molar-refractivity contribution in [3.05, 3.63) is 14.7 Å². The summed E-state index contributed by atoms with van der Waals surface area (Å²) in [6.45, 7) is 1.76. The summed E-state index contributed by atoms with van der Waals surface area (Å²) in [7, 11) is -3.62. The number of hydrogen-bond donors (Lipinski definition) is 1. The Morgan fingerprint density at radius 3 is 2.56 bits per heavy atom. The lowest BCUT2D eigenvalue weighted by Crippen LogP contribution is -2.44. The Morgan fingerprint density at radius 2 is 2.11 bits per heavy atom. The van der Waals surface area contributed by atoms with Crippen molar-refractivity contribution in [3.8, 4) is 6.07 Å². The zero-order valence-electron chi connectivity index (χ0n) is 9.86. The van der Waals surface area contributed by atoms with Gasteiger partial charge in [0.05, 0.1) is 14.8 Å². The molecule has 1 fully saturated rings. The van der Waals surface area contributed by atoms with Gasteiger partial charge in [0.15, 0.2) is 0 Å². The van der Waals surface area contributed by atoms with E-state index in [1.165, 1.54) is 11.3 Å². The Labute approximate surface area is 119 Å². The lowest BCUT2D eigenvalue weighted by Gasteiger charge is -2.21. The van der Waals surface area contributed by atoms with E-state index >= 15 is 0 Å². The summed E-state index contributed by atoms with van der Waals surface area (Å²) < 4.78 is 28.0. The van der Waals surface area contributed by atoms with Crippen LogP contribution in [-0.4, -0.2) is 14.0 Å². The van der Waals surface area contributed by atoms with Crippen molar-refractivity contribution in [1.29, 1.82) is 5.26 Å². The van der Waals surface area contributed by atoms with Gasteiger partial charge in [0.2, 0.25) is 10.0 Å². The van der Waals surface area contributed by atoms with Gasteiger partial charge < -0.3 is 0 Å². The number of nitrogens with zero attached hydrogens (tertiary/aromatic N) is 1. The SMILES string of the molecule is Cc1sc(Br)cc1S(=O)(=O)NC1(C#N)CCCC1. The van der Waals surface area contributed by atoms with E-state index in [0.717, 1.165) is 21.5 Å². The molecule has 1 saturated carbocycles. The van der Waals surface area contributed by atoms with Gasteiger partial charge in [-0.1, -0.05) is 12.8 Å². The van der Waals surface area contributed by atoms with Crippen molar-refractivity contribution in [2.24, 2.45) is 0 Å². The largest absolute Gasteiger partial charge is 0.243 e. The number of nitriles is 1. The second kappa shape index (κ2) is 4.93. The van der Waals surface area contributed by atoms with E-state index in [9.17, 15) is 13.7 Å². The molecule has 0 spiro atoms. The van der Waals surface area contributed by atoms with E-state index in [-0.39, 0.29) is 4.90 Å². The summed E-state index contributed by atoms with van der Waals surface area (Å²) in [5.74, 6) is 0. The molecule has 7 heteroatoms. The van der Waals surface area contributed by atoms with Gasteiger partial charge in [-0.05, 0) is 41.8 Å². The van der Waals surface area contributed by atoms with Gasteiger partial charge in [0.25, 0.3) is 0 Å². The average molecular weight is 349 g/mol. The molecule has 2 rings (SSSR count). The first kappa shape index (κ1) is 14.0. The second-order valence-corrected chi connectivity index (χ2v) is 8.76. The fraction of sp³-hybridized carbons (Fsp3) is 0.545. The van der Waals surface area contributed by atoms with Crippen molar-refractivity contribution >= 4 is 37.3 Å². The van der Waals surface area contributed by atoms with Crippen LogP contribution in [0.2, 0.25) is 0 Å². The molecular formula is C11H13BrN2O2S2. The number of hydrogen-bond acceptors (Lipinski definition) is 4. The van der Waals surface area contributed by atoms with Gasteiger partial charge >= 0.3 is 0 Å². The van der Waals surface area contributed by atoms with Crippen LogP contribution >= 0.6 is 27.3 Å². The number of rotatable bonds is 3. The normalized spacial score (nSPS) is 18.7. The zero-order chi connectivity index (χ0) is 13.4. The Hall–Kier alpha value is -0.420. The van der Waals surface area contributed by atoms with Gasteiger partial charge in [-0.15, -0.1) is 11.3 Å². The number of nitrogens with one attached hydrogen (secondary N) is 1. The van der Waals surface area contributed by atoms with Gasteiger partial charge in [-0.3, -0.25) is 0 Å². The Morgan fingerprint density at radius 1 is 1.50 bits per heavy atom. The lowest BCUT2D eigenvalue weighted by molar-refractivity contribution is 0.485. The third kappa shape index (κ3) is 2.62. The number of sulfonamides is 1. The van der Waals surface area contributed by atoms with Crippen molar-refractivity contribution in [2.75, 3.05) is 0 Å². The molecule has 0 bridgehead atoms. The van der Waals surface area contributed by atoms with Gasteiger partial charge in [0, 0.05) is 4.88 Å². The van der Waals surface area contributed by atoms with Crippen LogP contribution in [0.5, 0.6) is 0 Å². The fourth-order valence-electron chi connectivity index (χ4n) is 2.22. The average Bonchev–Trinajstić information content (AvgIpc) is 2.86. The Kier molecular flexibility index (Phi) is 3.83. The summed E-state index contributed by atoms with van der Waals surface area (Å²) in [5.41, 5.74) is -0.917. The van der Waals surface area contributed by atoms with Crippen molar-refractivity contribution < 1.29 is 8.42 Å². The minimum absolute atomic E-state index is 0.265. The van der Waals surface area contributed by atoms with Crippen LogP contribution in [0, 0.1) is 18.3 Å². The highest BCUT2D eigenvalue weighted by Crippen LogP contribution is 2.34. The monoisotopic (exact) mass is 348 g/mol. The maximum atomic E-state index is 12.3. The predicted octanol–water partition coefficient (Wildman–Crippen LogP) is 2.93. The van der Waals surface area contributed by atoms with Crippen LogP contribution < -0.4 is 4.72 Å². The summed E-state index contributed by atoms with van der Waals surface area (Å²) in [6.07, 6.45) is 2.96. The molecular weight excluding hydrogens is 336 g/mol. The fourth-order valence-corrected chi connectivity index (χ4v) is 6.02. The van der Waals surface area contributed by atoms with Crippen molar-refractivity contribution in [2.45, 2.75) is 43.0 Å². The first-order valence-electron chi connectivity index (χ1n) is 5.60. The molecule has 1 aliphatic rings. The number of halogens is 1. The molecule has 4 nitrogen and oxygen atoms in total. The number of aryl methyl sites for hydroxylation is 1. The van der Waals surface area contributed by atoms with Crippen LogP contribution in [0.3, 0.4) is 0 Å². The van der Waals surface area contributed by atoms with Crippen LogP contribution in [0.15, 0.2) is 14.7 Å². The van der Waals surface area contributed by atoms with E-state index in [4.69, 9.17) is 0 Å². The Balaban J connectivity index is 2.33. The van der Waals surface area contributed by atoms with E-state index in [1.807, 2.05) is 0 Å². The van der Waals surface area contributed by atoms with Crippen LogP contribution in [0.25, 0.3) is 0 Å². The molecule has 0 saturated heterocycles. The molecule has 1 aromatic heterocycles. The highest BCUT2D eigenvalue weighted by Gasteiger charge is 2.38. The molecule has 0 atom stereocenters. The molecule has 1 N–H and O–H groups in total. The summed E-state index contributed by atoms with van der Waals surface area (Å²) in [5, 5.41) is 9.22. The van der Waals surface area contributed by atoms with E-state index < -0.39 is 15.6 Å². The molecule has 98 valence electrons. The quantitative estimate of drug-likeness (QED) is 0.912. The molecule has 1 aromatic rings. The second-order valence-electron chi connectivity index (χ2n) is 4.48. The third-order valence-electron chi connectivity index (χ3n) is 3.13. The minimum atomic E-state index is -3.62. The predicted molar refractivity (Wildman–Crippen MR) is 73.9 cm³/mol. The number of thiophene rings is 1. The van der Waals surface area contributed by atoms with Crippen LogP contribution in [-0.2, 0) is 10.0 Å². The van der Waals surface area contributed by atoms with E-state index in [2.05, 4.69) is 26.7 Å². The molecule has 0 radical (unpaired) electrons. The molecule has 1 aliphatic carbocycles. The van der Waals surface area contributed by atoms with Crippen molar-refractivity contribution in [1.82, 2.24) is 4.72 Å².